The van der Waals surface area contributed by atoms with Gasteiger partial charge in [0, 0.05) is 29.6 Å². The van der Waals surface area contributed by atoms with Crippen LogP contribution in [0.1, 0.15) is 44.5 Å². The third-order valence-electron chi connectivity index (χ3n) is 5.62. The Balaban J connectivity index is 2.13. The van der Waals surface area contributed by atoms with Crippen molar-refractivity contribution in [1.29, 1.82) is 0 Å². The average molecular weight is 426 g/mol. The molecule has 1 heterocycles. The monoisotopic (exact) mass is 425 g/mol. The fraction of sp³-hybridized carbons (Fsp3) is 0.385. The molecule has 2 N–H and O–H groups in total. The molecule has 166 valence electrons. The number of nitrogens with two attached hydrogens (primary N) is 1. The fourth-order valence-electron chi connectivity index (χ4n) is 4.34. The summed E-state index contributed by atoms with van der Waals surface area (Å²) >= 11 is 0. The van der Waals surface area contributed by atoms with Crippen molar-refractivity contribution in [2.75, 3.05) is 20.1 Å². The second kappa shape index (κ2) is 9.75. The van der Waals surface area contributed by atoms with E-state index in [1.54, 1.807) is 0 Å². The van der Waals surface area contributed by atoms with Crippen molar-refractivity contribution < 1.29 is 8.78 Å². The number of benzene rings is 2. The maximum Gasteiger partial charge on any atom is 0.131 e. The van der Waals surface area contributed by atoms with Crippen molar-refractivity contribution in [2.24, 2.45) is 11.1 Å². The second-order valence-corrected chi connectivity index (χ2v) is 9.28. The van der Waals surface area contributed by atoms with Crippen LogP contribution >= 0.6 is 0 Å². The van der Waals surface area contributed by atoms with E-state index in [9.17, 15) is 8.78 Å². The van der Waals surface area contributed by atoms with E-state index in [0.29, 0.717) is 18.7 Å². The lowest BCUT2D eigenvalue weighted by Crippen LogP contribution is -2.36. The van der Waals surface area contributed by atoms with E-state index in [1.807, 2.05) is 30.5 Å². The largest absolute Gasteiger partial charge is 0.345 e. The summed E-state index contributed by atoms with van der Waals surface area (Å²) in [6.45, 7) is 8.77. The standard InChI is InChI=1S/C26H33F2N3/c1-26(2,3)25(30(4)14-8-13-29)24-15-20(22-16-21(27)11-12-23(22)28)18-31(24)17-19-9-6-5-7-10-19/h5-7,9-12,15-16,18,25H,8,13-14,17,29H2,1-4H3. The van der Waals surface area contributed by atoms with Gasteiger partial charge in [-0.15, -0.1) is 0 Å². The Morgan fingerprint density at radius 3 is 2.39 bits per heavy atom. The van der Waals surface area contributed by atoms with Crippen molar-refractivity contribution in [3.63, 3.8) is 0 Å². The minimum absolute atomic E-state index is 0.0755. The number of halogens is 2. The lowest BCUT2D eigenvalue weighted by molar-refractivity contribution is 0.119. The summed E-state index contributed by atoms with van der Waals surface area (Å²) in [5.41, 5.74) is 8.88. The number of nitrogens with zero attached hydrogens (tertiary/aromatic N) is 2. The van der Waals surface area contributed by atoms with Crippen molar-refractivity contribution in [1.82, 2.24) is 9.47 Å². The SMILES string of the molecule is CN(CCCN)C(c1cc(-c2cc(F)ccc2F)cn1Cc1ccccc1)C(C)(C)C. The smallest absolute Gasteiger partial charge is 0.131 e. The Labute approximate surface area is 184 Å². The van der Waals surface area contributed by atoms with E-state index >= 15 is 0 Å². The summed E-state index contributed by atoms with van der Waals surface area (Å²) in [5.74, 6) is -0.866. The minimum atomic E-state index is -0.443. The molecule has 3 nitrogen and oxygen atoms in total. The lowest BCUT2D eigenvalue weighted by atomic mass is 9.83. The number of hydrogen-bond acceptors (Lipinski definition) is 2. The summed E-state index contributed by atoms with van der Waals surface area (Å²) in [4.78, 5) is 2.31. The van der Waals surface area contributed by atoms with Crippen molar-refractivity contribution in [3.8, 4) is 11.1 Å². The Hall–Kier alpha value is -2.50. The van der Waals surface area contributed by atoms with Gasteiger partial charge < -0.3 is 10.3 Å². The number of aromatic nitrogens is 1. The Morgan fingerprint density at radius 1 is 1.03 bits per heavy atom. The highest BCUT2D eigenvalue weighted by Gasteiger charge is 2.32. The molecule has 1 aromatic heterocycles. The molecular weight excluding hydrogens is 392 g/mol. The van der Waals surface area contributed by atoms with Crippen LogP contribution < -0.4 is 5.73 Å². The molecule has 0 bridgehead atoms. The zero-order valence-corrected chi connectivity index (χ0v) is 18.9. The first kappa shape index (κ1) is 23.2. The Morgan fingerprint density at radius 2 is 1.74 bits per heavy atom. The zero-order chi connectivity index (χ0) is 22.6. The van der Waals surface area contributed by atoms with Gasteiger partial charge in [-0.2, -0.15) is 0 Å². The first-order valence-corrected chi connectivity index (χ1v) is 10.8. The quantitative estimate of drug-likeness (QED) is 0.491. The summed E-state index contributed by atoms with van der Waals surface area (Å²) in [6.07, 6.45) is 2.84. The topological polar surface area (TPSA) is 34.2 Å². The van der Waals surface area contributed by atoms with Gasteiger partial charge in [0.15, 0.2) is 0 Å². The molecule has 31 heavy (non-hydrogen) atoms. The molecule has 1 unspecified atom stereocenters. The highest BCUT2D eigenvalue weighted by atomic mass is 19.1. The molecule has 0 saturated heterocycles. The van der Waals surface area contributed by atoms with E-state index in [4.69, 9.17) is 5.73 Å². The predicted octanol–water partition coefficient (Wildman–Crippen LogP) is 5.85. The Bertz CT molecular complexity index is 990. The van der Waals surface area contributed by atoms with E-state index < -0.39 is 11.6 Å². The summed E-state index contributed by atoms with van der Waals surface area (Å²) < 4.78 is 30.7. The minimum Gasteiger partial charge on any atom is -0.345 e. The van der Waals surface area contributed by atoms with Crippen LogP contribution in [-0.2, 0) is 6.54 Å². The zero-order valence-electron chi connectivity index (χ0n) is 18.9. The molecule has 0 amide bonds. The molecule has 0 aliphatic rings. The van der Waals surface area contributed by atoms with E-state index in [0.717, 1.165) is 30.3 Å². The molecule has 0 radical (unpaired) electrons. The van der Waals surface area contributed by atoms with Gasteiger partial charge in [0.2, 0.25) is 0 Å². The first-order valence-electron chi connectivity index (χ1n) is 10.8. The molecule has 3 aromatic rings. The van der Waals surface area contributed by atoms with Gasteiger partial charge in [-0.05, 0) is 61.8 Å². The van der Waals surface area contributed by atoms with Gasteiger partial charge in [0.25, 0.3) is 0 Å². The van der Waals surface area contributed by atoms with Crippen LogP contribution in [0.25, 0.3) is 11.1 Å². The highest BCUT2D eigenvalue weighted by molar-refractivity contribution is 5.65. The molecule has 0 aliphatic heterocycles. The van der Waals surface area contributed by atoms with Crippen LogP contribution in [0.15, 0.2) is 60.8 Å². The van der Waals surface area contributed by atoms with Crippen LogP contribution in [0.2, 0.25) is 0 Å². The van der Waals surface area contributed by atoms with Crippen molar-refractivity contribution in [2.45, 2.75) is 39.8 Å². The van der Waals surface area contributed by atoms with Crippen LogP contribution in [-0.4, -0.2) is 29.6 Å². The molecule has 5 heteroatoms. The molecule has 0 fully saturated rings. The lowest BCUT2D eigenvalue weighted by Gasteiger charge is -2.39. The Kier molecular flexibility index (Phi) is 7.29. The molecular formula is C26H33F2N3. The molecule has 2 aromatic carbocycles. The first-order chi connectivity index (χ1) is 14.7. The molecule has 0 aliphatic carbocycles. The number of hydrogen-bond donors (Lipinski definition) is 1. The number of rotatable bonds is 8. The van der Waals surface area contributed by atoms with Gasteiger partial charge in [0.1, 0.15) is 11.6 Å². The van der Waals surface area contributed by atoms with Crippen LogP contribution in [0.5, 0.6) is 0 Å². The van der Waals surface area contributed by atoms with Gasteiger partial charge in [-0.1, -0.05) is 51.1 Å². The van der Waals surface area contributed by atoms with Gasteiger partial charge in [0.05, 0.1) is 6.04 Å². The van der Waals surface area contributed by atoms with Crippen LogP contribution in [0.4, 0.5) is 8.78 Å². The normalized spacial score (nSPS) is 13.0. The maximum atomic E-state index is 14.6. The van der Waals surface area contributed by atoms with E-state index in [2.05, 4.69) is 49.4 Å². The average Bonchev–Trinajstić information content (AvgIpc) is 3.10. The summed E-state index contributed by atoms with van der Waals surface area (Å²) in [6, 6.07) is 15.9. The van der Waals surface area contributed by atoms with Crippen molar-refractivity contribution >= 4 is 0 Å². The molecule has 3 rings (SSSR count). The van der Waals surface area contributed by atoms with E-state index in [1.165, 1.54) is 12.1 Å². The fourth-order valence-corrected chi connectivity index (χ4v) is 4.34. The summed E-state index contributed by atoms with van der Waals surface area (Å²) in [7, 11) is 2.11. The second-order valence-electron chi connectivity index (χ2n) is 9.28. The van der Waals surface area contributed by atoms with Crippen LogP contribution in [0, 0.1) is 17.0 Å². The highest BCUT2D eigenvalue weighted by Crippen LogP contribution is 2.40. The van der Waals surface area contributed by atoms with Gasteiger partial charge in [-0.3, -0.25) is 4.90 Å². The van der Waals surface area contributed by atoms with Gasteiger partial charge >= 0.3 is 0 Å². The molecule has 1 atom stereocenters. The molecule has 0 spiro atoms. The third kappa shape index (κ3) is 5.60. The van der Waals surface area contributed by atoms with Gasteiger partial charge in [-0.25, -0.2) is 8.78 Å². The maximum absolute atomic E-state index is 14.6. The van der Waals surface area contributed by atoms with Crippen LogP contribution in [0.3, 0.4) is 0 Å². The van der Waals surface area contributed by atoms with E-state index in [-0.39, 0.29) is 17.0 Å². The molecule has 0 saturated carbocycles. The summed E-state index contributed by atoms with van der Waals surface area (Å²) in [5, 5.41) is 0. The van der Waals surface area contributed by atoms with Crippen molar-refractivity contribution in [3.05, 3.63) is 83.7 Å². The predicted molar refractivity (Wildman–Crippen MR) is 124 cm³/mol. The third-order valence-corrected chi connectivity index (χ3v) is 5.62.